The van der Waals surface area contributed by atoms with E-state index in [-0.39, 0.29) is 11.3 Å². The number of nitrogens with zero attached hydrogens (tertiary/aromatic N) is 1. The second-order valence-corrected chi connectivity index (χ2v) is 5.08. The Hall–Kier alpha value is -3.55. The normalized spacial score (nSPS) is 11.1. The maximum Gasteiger partial charge on any atom is 0.433 e. The van der Waals surface area contributed by atoms with E-state index >= 15 is 0 Å². The number of hydrogen-bond acceptors (Lipinski definition) is 6. The first-order valence-electron chi connectivity index (χ1n) is 7.24. The van der Waals surface area contributed by atoms with Crippen molar-refractivity contribution in [1.29, 1.82) is 0 Å². The number of fused-ring (bicyclic) bond motifs is 1. The predicted molar refractivity (Wildman–Crippen MR) is 92.0 cm³/mol. The van der Waals surface area contributed by atoms with Crippen molar-refractivity contribution >= 4 is 28.9 Å². The molecule has 128 valence electrons. The predicted octanol–water partition coefficient (Wildman–Crippen LogP) is 3.22. The molecule has 1 N–H and O–H groups in total. The summed E-state index contributed by atoms with van der Waals surface area (Å²) in [7, 11) is 2.99. The van der Waals surface area contributed by atoms with Gasteiger partial charge in [0.1, 0.15) is 22.2 Å². The van der Waals surface area contributed by atoms with Crippen molar-refractivity contribution in [3.05, 3.63) is 62.1 Å². The Balaban J connectivity index is 2.06. The molecule has 0 saturated carbocycles. The monoisotopic (exact) mass is 342 g/mol. The fourth-order valence-electron chi connectivity index (χ4n) is 2.46. The number of aromatic amines is 1. The number of furan rings is 1. The summed E-state index contributed by atoms with van der Waals surface area (Å²) in [6.45, 7) is 0. The highest BCUT2D eigenvalue weighted by molar-refractivity contribution is 5.91. The first-order chi connectivity index (χ1) is 12.0. The van der Waals surface area contributed by atoms with Gasteiger partial charge >= 0.3 is 5.88 Å². The van der Waals surface area contributed by atoms with Crippen molar-refractivity contribution in [2.45, 2.75) is 0 Å². The molecule has 0 fully saturated rings. The molecule has 0 amide bonds. The molecule has 25 heavy (non-hydrogen) atoms. The van der Waals surface area contributed by atoms with Gasteiger partial charge in [0.25, 0.3) is 0 Å². The minimum absolute atomic E-state index is 0.241. The number of methoxy groups -OCH3 is 2. The van der Waals surface area contributed by atoms with Crippen LogP contribution in [0.15, 0.2) is 39.5 Å². The van der Waals surface area contributed by atoms with Gasteiger partial charge in [-0.2, -0.15) is 0 Å². The summed E-state index contributed by atoms with van der Waals surface area (Å²) in [5, 5.41) is 11.0. The van der Waals surface area contributed by atoms with Crippen LogP contribution in [-0.2, 0) is 0 Å². The lowest BCUT2D eigenvalue weighted by atomic mass is 10.1. The smallest absolute Gasteiger partial charge is 0.433 e. The summed E-state index contributed by atoms with van der Waals surface area (Å²) in [5.41, 5.74) is 0.747. The zero-order chi connectivity index (χ0) is 18.0. The molecule has 3 aromatic rings. The van der Waals surface area contributed by atoms with E-state index in [9.17, 15) is 14.9 Å². The molecule has 1 aromatic carbocycles. The summed E-state index contributed by atoms with van der Waals surface area (Å²) in [4.78, 5) is 25.6. The topological polar surface area (TPSA) is 108 Å². The first kappa shape index (κ1) is 16.3. The third kappa shape index (κ3) is 3.09. The van der Waals surface area contributed by atoms with Gasteiger partial charge < -0.3 is 18.9 Å². The Bertz CT molecular complexity index is 1030. The van der Waals surface area contributed by atoms with Gasteiger partial charge in [0.15, 0.2) is 5.43 Å². The average molecular weight is 342 g/mol. The Morgan fingerprint density at radius 1 is 1.12 bits per heavy atom. The van der Waals surface area contributed by atoms with Crippen LogP contribution in [0.2, 0.25) is 0 Å². The van der Waals surface area contributed by atoms with Crippen LogP contribution >= 0.6 is 0 Å². The molecule has 0 atom stereocenters. The maximum atomic E-state index is 12.4. The van der Waals surface area contributed by atoms with Gasteiger partial charge in [-0.15, -0.1) is 0 Å². The summed E-state index contributed by atoms with van der Waals surface area (Å²) in [6, 6.07) is 7.49. The van der Waals surface area contributed by atoms with E-state index < -0.39 is 4.92 Å². The number of pyridine rings is 1. The molecule has 0 aliphatic heterocycles. The van der Waals surface area contributed by atoms with Crippen molar-refractivity contribution in [3.63, 3.8) is 0 Å². The van der Waals surface area contributed by atoms with E-state index in [4.69, 9.17) is 13.9 Å². The van der Waals surface area contributed by atoms with E-state index in [0.29, 0.717) is 33.9 Å². The van der Waals surface area contributed by atoms with Crippen LogP contribution in [0.5, 0.6) is 11.5 Å². The lowest BCUT2D eigenvalue weighted by molar-refractivity contribution is -0.402. The van der Waals surface area contributed by atoms with Crippen molar-refractivity contribution in [3.8, 4) is 11.5 Å². The van der Waals surface area contributed by atoms with Gasteiger partial charge in [-0.05, 0) is 30.4 Å². The highest BCUT2D eigenvalue weighted by atomic mass is 16.6. The van der Waals surface area contributed by atoms with Crippen LogP contribution in [-0.4, -0.2) is 24.1 Å². The van der Waals surface area contributed by atoms with Crippen LogP contribution in [0.1, 0.15) is 11.5 Å². The van der Waals surface area contributed by atoms with Crippen molar-refractivity contribution in [1.82, 2.24) is 4.98 Å². The number of benzene rings is 1. The molecule has 2 aromatic heterocycles. The van der Waals surface area contributed by atoms with Gasteiger partial charge in [0.05, 0.1) is 31.2 Å². The van der Waals surface area contributed by atoms with Gasteiger partial charge in [-0.3, -0.25) is 14.9 Å². The van der Waals surface area contributed by atoms with Crippen molar-refractivity contribution in [2.24, 2.45) is 0 Å². The summed E-state index contributed by atoms with van der Waals surface area (Å²) < 4.78 is 15.6. The number of hydrogen-bond donors (Lipinski definition) is 1. The summed E-state index contributed by atoms with van der Waals surface area (Å²) in [6.07, 6.45) is 3.11. The quantitative estimate of drug-likeness (QED) is 0.563. The third-order valence-corrected chi connectivity index (χ3v) is 3.59. The largest absolute Gasteiger partial charge is 0.496 e. The lowest BCUT2D eigenvalue weighted by Crippen LogP contribution is -2.06. The van der Waals surface area contributed by atoms with Crippen LogP contribution in [0.25, 0.3) is 23.1 Å². The molecule has 0 unspecified atom stereocenters. The van der Waals surface area contributed by atoms with Crippen LogP contribution in [0, 0.1) is 10.1 Å². The highest BCUT2D eigenvalue weighted by Crippen LogP contribution is 2.29. The number of aromatic nitrogens is 1. The molecule has 0 aliphatic rings. The maximum absolute atomic E-state index is 12.4. The molecule has 8 nitrogen and oxygen atoms in total. The Kier molecular flexibility index (Phi) is 4.25. The zero-order valence-corrected chi connectivity index (χ0v) is 13.4. The number of H-pyrrole nitrogens is 1. The fraction of sp³-hybridized carbons (Fsp3) is 0.118. The molecule has 8 heteroatoms. The van der Waals surface area contributed by atoms with Crippen molar-refractivity contribution < 1.29 is 18.8 Å². The van der Waals surface area contributed by atoms with E-state index in [1.54, 1.807) is 18.2 Å². The lowest BCUT2D eigenvalue weighted by Gasteiger charge is -2.09. The fourth-order valence-corrected chi connectivity index (χ4v) is 2.46. The van der Waals surface area contributed by atoms with E-state index in [0.717, 1.165) is 0 Å². The average Bonchev–Trinajstić information content (AvgIpc) is 3.08. The molecule has 2 heterocycles. The van der Waals surface area contributed by atoms with Gasteiger partial charge in [-0.1, -0.05) is 0 Å². The molecule has 3 rings (SSSR count). The third-order valence-electron chi connectivity index (χ3n) is 3.59. The Morgan fingerprint density at radius 2 is 1.84 bits per heavy atom. The van der Waals surface area contributed by atoms with Gasteiger partial charge in [-0.25, -0.2) is 0 Å². The standard InChI is InChI=1S/C17H14N2O6/c1-23-13-6-7-14(24-2)17-16(13)12(20)9-10(18-17)3-4-11-5-8-15(25-11)19(21)22/h3-9H,1-2H3,(H,18,20)/b4-3+. The Labute approximate surface area is 141 Å². The zero-order valence-electron chi connectivity index (χ0n) is 13.4. The SMILES string of the molecule is COc1ccc(OC)c2c(=O)cc(/C=C/c3ccc([N+](=O)[O-])o3)[nH]c12. The minimum Gasteiger partial charge on any atom is -0.496 e. The van der Waals surface area contributed by atoms with Gasteiger partial charge in [0.2, 0.25) is 0 Å². The van der Waals surface area contributed by atoms with Crippen LogP contribution in [0.3, 0.4) is 0 Å². The van der Waals surface area contributed by atoms with E-state index in [2.05, 4.69) is 4.98 Å². The molecule has 0 saturated heterocycles. The summed E-state index contributed by atoms with van der Waals surface area (Å²) >= 11 is 0. The Morgan fingerprint density at radius 3 is 2.48 bits per heavy atom. The second-order valence-electron chi connectivity index (χ2n) is 5.08. The number of nitrogens with one attached hydrogen (secondary N) is 1. The number of nitro groups is 1. The molecular formula is C17H14N2O6. The number of rotatable bonds is 5. The van der Waals surface area contributed by atoms with Crippen LogP contribution < -0.4 is 14.9 Å². The van der Waals surface area contributed by atoms with Gasteiger partial charge in [0, 0.05) is 11.8 Å². The highest BCUT2D eigenvalue weighted by Gasteiger charge is 2.12. The molecule has 0 radical (unpaired) electrons. The minimum atomic E-state index is -0.619. The second kappa shape index (κ2) is 6.52. The number of ether oxygens (including phenoxy) is 2. The van der Waals surface area contributed by atoms with Crippen molar-refractivity contribution in [2.75, 3.05) is 14.2 Å². The summed E-state index contributed by atoms with van der Waals surface area (Å²) in [5.74, 6) is 0.884. The van der Waals surface area contributed by atoms with Crippen LogP contribution in [0.4, 0.5) is 5.88 Å². The molecule has 0 aliphatic carbocycles. The molecular weight excluding hydrogens is 328 g/mol. The van der Waals surface area contributed by atoms with E-state index in [1.165, 1.54) is 38.5 Å². The molecule has 0 spiro atoms. The first-order valence-corrected chi connectivity index (χ1v) is 7.24. The van der Waals surface area contributed by atoms with E-state index in [1.807, 2.05) is 0 Å². The molecule has 0 bridgehead atoms.